The molecule has 2 aliphatic rings. The molecule has 23 heavy (non-hydrogen) atoms. The highest BCUT2D eigenvalue weighted by Crippen LogP contribution is 2.26. The van der Waals surface area contributed by atoms with E-state index in [2.05, 4.69) is 11.4 Å². The van der Waals surface area contributed by atoms with Gasteiger partial charge in [-0.15, -0.1) is 0 Å². The number of anilines is 1. The summed E-state index contributed by atoms with van der Waals surface area (Å²) >= 11 is 0. The summed E-state index contributed by atoms with van der Waals surface area (Å²) in [7, 11) is 0. The van der Waals surface area contributed by atoms with E-state index in [9.17, 15) is 9.59 Å². The Hall–Kier alpha value is -1.84. The van der Waals surface area contributed by atoms with Gasteiger partial charge < -0.3 is 10.1 Å². The van der Waals surface area contributed by atoms with Gasteiger partial charge >= 0.3 is 5.97 Å². The molecule has 1 aliphatic carbocycles. The maximum atomic E-state index is 12.3. The van der Waals surface area contributed by atoms with Crippen molar-refractivity contribution in [1.29, 1.82) is 0 Å². The van der Waals surface area contributed by atoms with Crippen molar-refractivity contribution in [2.24, 2.45) is 11.8 Å². The Morgan fingerprint density at radius 3 is 2.78 bits per heavy atom. The molecule has 1 N–H and O–H groups in total. The van der Waals surface area contributed by atoms with Crippen molar-refractivity contribution in [1.82, 2.24) is 0 Å². The van der Waals surface area contributed by atoms with Crippen molar-refractivity contribution in [3.05, 3.63) is 29.8 Å². The average molecular weight is 315 g/mol. The van der Waals surface area contributed by atoms with Crippen molar-refractivity contribution in [2.45, 2.75) is 51.4 Å². The van der Waals surface area contributed by atoms with E-state index in [-0.39, 0.29) is 17.8 Å². The van der Waals surface area contributed by atoms with Crippen molar-refractivity contribution in [2.75, 3.05) is 11.9 Å². The first-order chi connectivity index (χ1) is 11.2. The number of hydrogen-bond donors (Lipinski definition) is 1. The first-order valence-electron chi connectivity index (χ1n) is 8.76. The van der Waals surface area contributed by atoms with Gasteiger partial charge in [0.1, 0.15) is 0 Å². The molecule has 1 aromatic rings. The van der Waals surface area contributed by atoms with E-state index in [1.807, 2.05) is 18.2 Å². The van der Waals surface area contributed by atoms with Gasteiger partial charge in [-0.2, -0.15) is 0 Å². The molecule has 0 radical (unpaired) electrons. The Kier molecular flexibility index (Phi) is 5.31. The topological polar surface area (TPSA) is 55.4 Å². The molecule has 4 heteroatoms. The third-order valence-corrected chi connectivity index (χ3v) is 4.94. The number of nitrogens with one attached hydrogen (secondary N) is 1. The van der Waals surface area contributed by atoms with Crippen molar-refractivity contribution in [3.8, 4) is 0 Å². The molecule has 1 atom stereocenters. The molecule has 3 rings (SSSR count). The largest absolute Gasteiger partial charge is 0.466 e. The number of amides is 1. The van der Waals surface area contributed by atoms with Crippen molar-refractivity contribution >= 4 is 17.6 Å². The Morgan fingerprint density at radius 1 is 1.17 bits per heavy atom. The van der Waals surface area contributed by atoms with E-state index >= 15 is 0 Å². The summed E-state index contributed by atoms with van der Waals surface area (Å²) < 4.78 is 4.99. The molecule has 1 amide bonds. The number of esters is 1. The zero-order chi connectivity index (χ0) is 16.1. The first kappa shape index (κ1) is 16.0. The molecule has 2 fully saturated rings. The molecule has 0 bridgehead atoms. The van der Waals surface area contributed by atoms with Crippen LogP contribution in [0.5, 0.6) is 0 Å². The second kappa shape index (κ2) is 7.62. The standard InChI is InChI=1S/C19H25NO3/c21-18-13-15(9-10-23-18)11-14-5-4-8-17(12-14)20-19(22)16-6-2-1-3-7-16/h4-5,8,12,15-16H,1-3,6-7,9-11,13H2,(H,20,22). The average Bonchev–Trinajstić information content (AvgIpc) is 2.56. The molecular formula is C19H25NO3. The predicted octanol–water partition coefficient (Wildman–Crippen LogP) is 3.70. The number of carbonyl (C=O) groups excluding carboxylic acids is 2. The van der Waals surface area contributed by atoms with Crippen LogP contribution in [0.1, 0.15) is 50.5 Å². The van der Waals surface area contributed by atoms with E-state index < -0.39 is 0 Å². The van der Waals surface area contributed by atoms with Gasteiger partial charge in [0.25, 0.3) is 0 Å². The SMILES string of the molecule is O=C1CC(Cc2cccc(NC(=O)C3CCCCC3)c2)CCO1. The van der Waals surface area contributed by atoms with Gasteiger partial charge in [-0.25, -0.2) is 0 Å². The van der Waals surface area contributed by atoms with E-state index in [0.29, 0.717) is 18.9 Å². The van der Waals surface area contributed by atoms with Crippen LogP contribution in [0.15, 0.2) is 24.3 Å². The number of hydrogen-bond acceptors (Lipinski definition) is 3. The predicted molar refractivity (Wildman–Crippen MR) is 89.0 cm³/mol. The number of cyclic esters (lactones) is 1. The van der Waals surface area contributed by atoms with Gasteiger partial charge in [0.2, 0.25) is 5.91 Å². The van der Waals surface area contributed by atoms with Crippen LogP contribution in [0.25, 0.3) is 0 Å². The Labute approximate surface area is 137 Å². The highest BCUT2D eigenvalue weighted by Gasteiger charge is 2.22. The quantitative estimate of drug-likeness (QED) is 0.862. The summed E-state index contributed by atoms with van der Waals surface area (Å²) in [6, 6.07) is 8.03. The molecule has 124 valence electrons. The van der Waals surface area contributed by atoms with Crippen LogP contribution in [0, 0.1) is 11.8 Å². The summed E-state index contributed by atoms with van der Waals surface area (Å²) in [5.41, 5.74) is 2.04. The first-order valence-corrected chi connectivity index (χ1v) is 8.76. The summed E-state index contributed by atoms with van der Waals surface area (Å²) in [5, 5.41) is 3.07. The highest BCUT2D eigenvalue weighted by atomic mass is 16.5. The summed E-state index contributed by atoms with van der Waals surface area (Å²) in [6.45, 7) is 0.529. The lowest BCUT2D eigenvalue weighted by atomic mass is 9.88. The fourth-order valence-corrected chi connectivity index (χ4v) is 3.63. The zero-order valence-electron chi connectivity index (χ0n) is 13.6. The normalized spacial score (nSPS) is 22.4. The van der Waals surface area contributed by atoms with Gasteiger partial charge in [0, 0.05) is 18.0 Å². The maximum Gasteiger partial charge on any atom is 0.306 e. The van der Waals surface area contributed by atoms with Gasteiger partial charge in [0.05, 0.1) is 6.61 Å². The van der Waals surface area contributed by atoms with Gasteiger partial charge in [-0.3, -0.25) is 9.59 Å². The van der Waals surface area contributed by atoms with E-state index in [1.165, 1.54) is 12.0 Å². The molecule has 1 heterocycles. The Bertz CT molecular complexity index is 563. The maximum absolute atomic E-state index is 12.3. The monoisotopic (exact) mass is 315 g/mol. The van der Waals surface area contributed by atoms with E-state index in [1.54, 1.807) is 0 Å². The molecule has 1 aromatic carbocycles. The Morgan fingerprint density at radius 2 is 2.00 bits per heavy atom. The highest BCUT2D eigenvalue weighted by molar-refractivity contribution is 5.92. The fraction of sp³-hybridized carbons (Fsp3) is 0.579. The fourth-order valence-electron chi connectivity index (χ4n) is 3.63. The van der Waals surface area contributed by atoms with Crippen LogP contribution in [0.4, 0.5) is 5.69 Å². The zero-order valence-corrected chi connectivity index (χ0v) is 13.6. The molecule has 1 unspecified atom stereocenters. The molecule has 1 saturated carbocycles. The van der Waals surface area contributed by atoms with E-state index in [0.717, 1.165) is 44.2 Å². The molecule has 0 aromatic heterocycles. The third-order valence-electron chi connectivity index (χ3n) is 4.94. The van der Waals surface area contributed by atoms with Crippen LogP contribution < -0.4 is 5.32 Å². The lowest BCUT2D eigenvalue weighted by Gasteiger charge is -2.22. The minimum absolute atomic E-state index is 0.0944. The smallest absolute Gasteiger partial charge is 0.306 e. The van der Waals surface area contributed by atoms with E-state index in [4.69, 9.17) is 4.74 Å². The van der Waals surface area contributed by atoms with Crippen LogP contribution in [0.3, 0.4) is 0 Å². The van der Waals surface area contributed by atoms with Crippen molar-refractivity contribution in [3.63, 3.8) is 0 Å². The molecular weight excluding hydrogens is 290 g/mol. The van der Waals surface area contributed by atoms with Crippen molar-refractivity contribution < 1.29 is 14.3 Å². The number of carbonyl (C=O) groups is 2. The summed E-state index contributed by atoms with van der Waals surface area (Å²) in [4.78, 5) is 23.7. The third kappa shape index (κ3) is 4.57. The summed E-state index contributed by atoms with van der Waals surface area (Å²) in [6.07, 6.45) is 7.88. The molecule has 0 spiro atoms. The molecule has 1 saturated heterocycles. The minimum Gasteiger partial charge on any atom is -0.466 e. The van der Waals surface area contributed by atoms with Gasteiger partial charge in [-0.1, -0.05) is 31.4 Å². The Balaban J connectivity index is 1.58. The van der Waals surface area contributed by atoms with Crippen LogP contribution in [-0.4, -0.2) is 18.5 Å². The molecule has 4 nitrogen and oxygen atoms in total. The van der Waals surface area contributed by atoms with Crippen LogP contribution in [-0.2, 0) is 20.7 Å². The van der Waals surface area contributed by atoms with Gasteiger partial charge in [-0.05, 0) is 49.3 Å². The number of benzene rings is 1. The second-order valence-electron chi connectivity index (χ2n) is 6.81. The van der Waals surface area contributed by atoms with Crippen LogP contribution in [0.2, 0.25) is 0 Å². The molecule has 1 aliphatic heterocycles. The lowest BCUT2D eigenvalue weighted by molar-refractivity contribution is -0.149. The van der Waals surface area contributed by atoms with Crippen LogP contribution >= 0.6 is 0 Å². The van der Waals surface area contributed by atoms with Gasteiger partial charge in [0.15, 0.2) is 0 Å². The number of ether oxygens (including phenoxy) is 1. The lowest BCUT2D eigenvalue weighted by Crippen LogP contribution is -2.25. The minimum atomic E-state index is -0.0944. The summed E-state index contributed by atoms with van der Waals surface area (Å²) in [5.74, 6) is 0.576. The number of rotatable bonds is 4. The second-order valence-corrected chi connectivity index (χ2v) is 6.81.